The third-order valence-corrected chi connectivity index (χ3v) is 5.38. The van der Waals surface area contributed by atoms with E-state index in [0.29, 0.717) is 22.9 Å². The lowest BCUT2D eigenvalue weighted by Gasteiger charge is -2.26. The Morgan fingerprint density at radius 1 is 0.935 bits per heavy atom. The molecule has 7 heteroatoms. The van der Waals surface area contributed by atoms with Gasteiger partial charge in [0.1, 0.15) is 5.57 Å². The van der Waals surface area contributed by atoms with Crippen molar-refractivity contribution >= 4 is 41.2 Å². The van der Waals surface area contributed by atoms with Crippen molar-refractivity contribution in [3.63, 3.8) is 0 Å². The lowest BCUT2D eigenvalue weighted by atomic mass is 10.1. The third kappa shape index (κ3) is 4.29. The topological polar surface area (TPSA) is 71.4 Å². The molecule has 31 heavy (non-hydrogen) atoms. The van der Waals surface area contributed by atoms with Crippen molar-refractivity contribution in [2.75, 3.05) is 4.90 Å². The van der Waals surface area contributed by atoms with Gasteiger partial charge in [-0.1, -0.05) is 42.8 Å². The molecule has 1 fully saturated rings. The molecule has 4 amide bonds. The summed E-state index contributed by atoms with van der Waals surface area (Å²) in [6, 6.07) is 17.4. The fourth-order valence-electron chi connectivity index (χ4n) is 3.41. The number of anilines is 1. The van der Waals surface area contributed by atoms with Crippen LogP contribution in [0.3, 0.4) is 0 Å². The van der Waals surface area contributed by atoms with Gasteiger partial charge in [-0.2, -0.15) is 0 Å². The van der Waals surface area contributed by atoms with Gasteiger partial charge in [0.25, 0.3) is 11.8 Å². The summed E-state index contributed by atoms with van der Waals surface area (Å²) < 4.78 is 1.91. The van der Waals surface area contributed by atoms with Crippen molar-refractivity contribution in [3.05, 3.63) is 94.3 Å². The number of urea groups is 1. The number of imide groups is 2. The van der Waals surface area contributed by atoms with Crippen LogP contribution in [0.15, 0.2) is 72.4 Å². The number of nitrogens with one attached hydrogen (secondary N) is 1. The Bertz CT molecular complexity index is 1180. The summed E-state index contributed by atoms with van der Waals surface area (Å²) in [7, 11) is 0. The Labute approximate surface area is 184 Å². The molecule has 1 aliphatic heterocycles. The minimum Gasteiger partial charge on any atom is -0.344 e. The molecular formula is C24H20ClN3O3. The first-order valence-corrected chi connectivity index (χ1v) is 10.2. The van der Waals surface area contributed by atoms with E-state index in [1.807, 2.05) is 60.2 Å². The van der Waals surface area contributed by atoms with Gasteiger partial charge in [-0.3, -0.25) is 14.9 Å². The molecule has 0 unspecified atom stereocenters. The minimum atomic E-state index is -0.757. The average molecular weight is 434 g/mol. The van der Waals surface area contributed by atoms with Crippen LogP contribution in [0.1, 0.15) is 23.7 Å². The number of hydrogen-bond acceptors (Lipinski definition) is 3. The summed E-state index contributed by atoms with van der Waals surface area (Å²) >= 11 is 5.95. The van der Waals surface area contributed by atoms with Gasteiger partial charge in [0.2, 0.25) is 0 Å². The lowest BCUT2D eigenvalue weighted by Crippen LogP contribution is -2.54. The predicted molar refractivity (Wildman–Crippen MR) is 120 cm³/mol. The van der Waals surface area contributed by atoms with Gasteiger partial charge in [0.05, 0.1) is 5.69 Å². The molecule has 0 spiro atoms. The first kappa shape index (κ1) is 20.6. The van der Waals surface area contributed by atoms with Gasteiger partial charge in [-0.25, -0.2) is 9.69 Å². The number of aromatic nitrogens is 1. The molecule has 6 nitrogen and oxygen atoms in total. The number of amides is 4. The molecule has 0 radical (unpaired) electrons. The van der Waals surface area contributed by atoms with Crippen LogP contribution < -0.4 is 10.2 Å². The van der Waals surface area contributed by atoms with E-state index in [9.17, 15) is 14.4 Å². The summed E-state index contributed by atoms with van der Waals surface area (Å²) in [6.45, 7) is 2.56. The second-order valence-corrected chi connectivity index (χ2v) is 7.60. The van der Waals surface area contributed by atoms with E-state index in [4.69, 9.17) is 11.6 Å². The van der Waals surface area contributed by atoms with Gasteiger partial charge in [-0.05, 0) is 60.0 Å². The molecule has 0 aliphatic carbocycles. The highest BCUT2D eigenvalue weighted by molar-refractivity contribution is 6.39. The predicted octanol–water partition coefficient (Wildman–Crippen LogP) is 4.42. The number of rotatable bonds is 5. The SMILES string of the molecule is CCc1ccc(N2C(=O)NC(=O)C(=Cc3cccn3Cc3ccc(Cl)cc3)C2=O)cc1. The normalized spacial score (nSPS) is 15.5. The van der Waals surface area contributed by atoms with Crippen LogP contribution in [0.4, 0.5) is 10.5 Å². The Hall–Kier alpha value is -3.64. The summed E-state index contributed by atoms with van der Waals surface area (Å²) in [5.41, 5.74) is 3.09. The zero-order valence-electron chi connectivity index (χ0n) is 16.8. The molecule has 156 valence electrons. The molecule has 2 heterocycles. The molecule has 1 aromatic heterocycles. The molecule has 4 rings (SSSR count). The zero-order valence-corrected chi connectivity index (χ0v) is 17.6. The van der Waals surface area contributed by atoms with Crippen LogP contribution in [-0.4, -0.2) is 22.4 Å². The largest absolute Gasteiger partial charge is 0.344 e. The fourth-order valence-corrected chi connectivity index (χ4v) is 3.54. The van der Waals surface area contributed by atoms with Gasteiger partial charge in [-0.15, -0.1) is 0 Å². The van der Waals surface area contributed by atoms with E-state index in [1.165, 1.54) is 6.08 Å². The third-order valence-electron chi connectivity index (χ3n) is 5.13. The summed E-state index contributed by atoms with van der Waals surface area (Å²) in [5, 5.41) is 2.91. The molecule has 1 N–H and O–H groups in total. The van der Waals surface area contributed by atoms with Crippen molar-refractivity contribution < 1.29 is 14.4 Å². The molecule has 2 aromatic carbocycles. The van der Waals surface area contributed by atoms with Crippen molar-refractivity contribution in [1.82, 2.24) is 9.88 Å². The number of barbiturate groups is 1. The van der Waals surface area contributed by atoms with Crippen LogP contribution in [0, 0.1) is 0 Å². The van der Waals surface area contributed by atoms with Gasteiger partial charge in [0.15, 0.2) is 0 Å². The number of hydrogen-bond donors (Lipinski definition) is 1. The van der Waals surface area contributed by atoms with Crippen molar-refractivity contribution in [2.24, 2.45) is 0 Å². The average Bonchev–Trinajstić information content (AvgIpc) is 3.19. The fraction of sp³-hybridized carbons (Fsp3) is 0.125. The molecule has 1 aliphatic rings. The number of benzene rings is 2. The maximum atomic E-state index is 13.1. The summed E-state index contributed by atoms with van der Waals surface area (Å²) in [6.07, 6.45) is 4.21. The smallest absolute Gasteiger partial charge is 0.335 e. The van der Waals surface area contributed by atoms with Crippen molar-refractivity contribution in [1.29, 1.82) is 0 Å². The Kier molecular flexibility index (Phi) is 5.73. The van der Waals surface area contributed by atoms with Gasteiger partial charge < -0.3 is 4.57 Å². The maximum absolute atomic E-state index is 13.1. The highest BCUT2D eigenvalue weighted by Crippen LogP contribution is 2.23. The van der Waals surface area contributed by atoms with E-state index in [-0.39, 0.29) is 5.57 Å². The van der Waals surface area contributed by atoms with Crippen LogP contribution in [0.2, 0.25) is 5.02 Å². The van der Waals surface area contributed by atoms with E-state index in [1.54, 1.807) is 18.2 Å². The summed E-state index contributed by atoms with van der Waals surface area (Å²) in [5.74, 6) is -1.37. The van der Waals surface area contributed by atoms with Crippen LogP contribution in [0.5, 0.6) is 0 Å². The van der Waals surface area contributed by atoms with Crippen LogP contribution in [0.25, 0.3) is 6.08 Å². The second kappa shape index (κ2) is 8.62. The van der Waals surface area contributed by atoms with Crippen LogP contribution in [-0.2, 0) is 22.6 Å². The lowest BCUT2D eigenvalue weighted by molar-refractivity contribution is -0.122. The second-order valence-electron chi connectivity index (χ2n) is 7.17. The van der Waals surface area contributed by atoms with E-state index >= 15 is 0 Å². The van der Waals surface area contributed by atoms with Crippen LogP contribution >= 0.6 is 11.6 Å². The Morgan fingerprint density at radius 2 is 1.61 bits per heavy atom. The molecule has 0 atom stereocenters. The highest BCUT2D eigenvalue weighted by Gasteiger charge is 2.36. The first-order chi connectivity index (χ1) is 15.0. The van der Waals surface area contributed by atoms with Crippen molar-refractivity contribution in [3.8, 4) is 0 Å². The molecule has 0 saturated carbocycles. The van der Waals surface area contributed by atoms with Crippen molar-refractivity contribution in [2.45, 2.75) is 19.9 Å². The Morgan fingerprint density at radius 3 is 2.29 bits per heavy atom. The molecule has 1 saturated heterocycles. The molecular weight excluding hydrogens is 414 g/mol. The van der Waals surface area contributed by atoms with E-state index in [0.717, 1.165) is 22.4 Å². The number of carbonyl (C=O) groups is 3. The summed E-state index contributed by atoms with van der Waals surface area (Å²) in [4.78, 5) is 38.9. The first-order valence-electron chi connectivity index (χ1n) is 9.86. The number of carbonyl (C=O) groups excluding carboxylic acids is 3. The minimum absolute atomic E-state index is 0.102. The maximum Gasteiger partial charge on any atom is 0.335 e. The Balaban J connectivity index is 1.64. The van der Waals surface area contributed by atoms with E-state index < -0.39 is 17.8 Å². The standard InChI is InChI=1S/C24H20ClN3O3/c1-2-16-7-11-19(12-8-16)28-23(30)21(22(29)26-24(28)31)14-20-4-3-13-27(20)15-17-5-9-18(25)10-6-17/h3-14H,2,15H2,1H3,(H,26,29,31). The van der Waals surface area contributed by atoms with Gasteiger partial charge >= 0.3 is 6.03 Å². The van der Waals surface area contributed by atoms with Gasteiger partial charge in [0, 0.05) is 23.5 Å². The molecule has 0 bridgehead atoms. The number of aryl methyl sites for hydroxylation is 1. The number of halogens is 1. The zero-order chi connectivity index (χ0) is 22.0. The highest BCUT2D eigenvalue weighted by atomic mass is 35.5. The quantitative estimate of drug-likeness (QED) is 0.478. The molecule has 3 aromatic rings. The number of nitrogens with zero attached hydrogens (tertiary/aromatic N) is 2. The van der Waals surface area contributed by atoms with E-state index in [2.05, 4.69) is 5.32 Å². The monoisotopic (exact) mass is 433 g/mol.